The molecule has 1 aliphatic rings. The van der Waals surface area contributed by atoms with Gasteiger partial charge < -0.3 is 10.4 Å². The van der Waals surface area contributed by atoms with Crippen molar-refractivity contribution >= 4 is 5.97 Å². The van der Waals surface area contributed by atoms with E-state index >= 15 is 0 Å². The Labute approximate surface area is 93.6 Å². The van der Waals surface area contributed by atoms with Gasteiger partial charge in [-0.05, 0) is 38.8 Å². The number of aromatic carboxylic acids is 1. The van der Waals surface area contributed by atoms with E-state index in [0.717, 1.165) is 25.9 Å². The van der Waals surface area contributed by atoms with Crippen LogP contribution < -0.4 is 5.32 Å². The maximum Gasteiger partial charge on any atom is 0.358 e. The molecular formula is C10H16N4O2. The first kappa shape index (κ1) is 11.1. The van der Waals surface area contributed by atoms with Crippen LogP contribution in [-0.2, 0) is 0 Å². The maximum atomic E-state index is 10.7. The zero-order valence-electron chi connectivity index (χ0n) is 9.26. The molecule has 2 N–H and O–H groups in total. The van der Waals surface area contributed by atoms with Crippen molar-refractivity contribution in [3.8, 4) is 0 Å². The quantitative estimate of drug-likeness (QED) is 0.783. The van der Waals surface area contributed by atoms with E-state index in [-0.39, 0.29) is 11.7 Å². The lowest BCUT2D eigenvalue weighted by atomic mass is 9.93. The summed E-state index contributed by atoms with van der Waals surface area (Å²) < 4.78 is 1.65. The number of aromatic nitrogens is 3. The lowest BCUT2D eigenvalue weighted by Gasteiger charge is -2.27. The van der Waals surface area contributed by atoms with E-state index in [2.05, 4.69) is 22.6 Å². The Morgan fingerprint density at radius 2 is 2.56 bits per heavy atom. The highest BCUT2D eigenvalue weighted by molar-refractivity contribution is 5.84. The largest absolute Gasteiger partial charge is 0.476 e. The van der Waals surface area contributed by atoms with Crippen molar-refractivity contribution in [2.24, 2.45) is 5.92 Å². The second kappa shape index (κ2) is 4.61. The zero-order valence-corrected chi connectivity index (χ0v) is 9.26. The molecule has 1 aromatic heterocycles. The van der Waals surface area contributed by atoms with Crippen LogP contribution in [0.5, 0.6) is 0 Å². The van der Waals surface area contributed by atoms with Crippen molar-refractivity contribution in [3.63, 3.8) is 0 Å². The Bertz CT molecular complexity index is 371. The molecule has 0 radical (unpaired) electrons. The number of nitrogens with one attached hydrogen (secondary N) is 1. The van der Waals surface area contributed by atoms with Gasteiger partial charge in [0.25, 0.3) is 0 Å². The molecule has 6 nitrogen and oxygen atoms in total. The minimum atomic E-state index is -1.03. The fraction of sp³-hybridized carbons (Fsp3) is 0.700. The van der Waals surface area contributed by atoms with Crippen molar-refractivity contribution in [2.45, 2.75) is 25.8 Å². The molecule has 2 heterocycles. The predicted molar refractivity (Wildman–Crippen MR) is 57.3 cm³/mol. The van der Waals surface area contributed by atoms with Crippen LogP contribution in [0.25, 0.3) is 0 Å². The molecular weight excluding hydrogens is 208 g/mol. The Morgan fingerprint density at radius 3 is 3.12 bits per heavy atom. The monoisotopic (exact) mass is 224 g/mol. The number of carbonyl (C=O) groups is 1. The minimum absolute atomic E-state index is 0.00983. The van der Waals surface area contributed by atoms with Crippen molar-refractivity contribution in [3.05, 3.63) is 11.9 Å². The molecule has 1 fully saturated rings. The first-order chi connectivity index (χ1) is 7.68. The number of carboxylic acid groups (broad SMARTS) is 1. The lowest BCUT2D eigenvalue weighted by Crippen LogP contribution is -2.34. The van der Waals surface area contributed by atoms with Crippen molar-refractivity contribution in [2.75, 3.05) is 13.1 Å². The second-order valence-electron chi connectivity index (χ2n) is 4.24. The highest BCUT2D eigenvalue weighted by Crippen LogP contribution is 2.23. The average molecular weight is 224 g/mol. The highest BCUT2D eigenvalue weighted by atomic mass is 16.4. The summed E-state index contributed by atoms with van der Waals surface area (Å²) in [5.41, 5.74) is 0.00983. The van der Waals surface area contributed by atoms with Gasteiger partial charge in [-0.2, -0.15) is 0 Å². The van der Waals surface area contributed by atoms with E-state index < -0.39 is 5.97 Å². The van der Waals surface area contributed by atoms with Crippen LogP contribution in [0.4, 0.5) is 0 Å². The van der Waals surface area contributed by atoms with Crippen LogP contribution in [0.1, 0.15) is 36.3 Å². The topological polar surface area (TPSA) is 80.0 Å². The normalized spacial score (nSPS) is 22.9. The van der Waals surface area contributed by atoms with E-state index in [1.54, 1.807) is 4.68 Å². The molecule has 0 bridgehead atoms. The first-order valence-corrected chi connectivity index (χ1v) is 5.54. The predicted octanol–water partition coefficient (Wildman–Crippen LogP) is 0.537. The Morgan fingerprint density at radius 1 is 1.75 bits per heavy atom. The Balaban J connectivity index is 2.07. The summed E-state index contributed by atoms with van der Waals surface area (Å²) in [6.07, 6.45) is 3.81. The van der Waals surface area contributed by atoms with E-state index in [9.17, 15) is 4.79 Å². The van der Waals surface area contributed by atoms with Gasteiger partial charge in [0.05, 0.1) is 12.2 Å². The van der Waals surface area contributed by atoms with E-state index in [1.165, 1.54) is 6.20 Å². The average Bonchev–Trinajstić information content (AvgIpc) is 2.78. The number of hydrogen-bond donors (Lipinski definition) is 2. The van der Waals surface area contributed by atoms with Crippen LogP contribution in [0, 0.1) is 5.92 Å². The van der Waals surface area contributed by atoms with Gasteiger partial charge in [0.2, 0.25) is 0 Å². The molecule has 88 valence electrons. The number of rotatable bonds is 3. The van der Waals surface area contributed by atoms with Crippen molar-refractivity contribution < 1.29 is 9.90 Å². The third-order valence-electron chi connectivity index (χ3n) is 3.16. The summed E-state index contributed by atoms with van der Waals surface area (Å²) in [7, 11) is 0. The molecule has 2 atom stereocenters. The van der Waals surface area contributed by atoms with E-state index in [0.29, 0.717) is 5.92 Å². The molecule has 1 saturated heterocycles. The number of hydrogen-bond acceptors (Lipinski definition) is 4. The van der Waals surface area contributed by atoms with Crippen LogP contribution in [0.3, 0.4) is 0 Å². The molecule has 2 rings (SSSR count). The third kappa shape index (κ3) is 2.21. The summed E-state index contributed by atoms with van der Waals surface area (Å²) in [6.45, 7) is 4.09. The van der Waals surface area contributed by atoms with Gasteiger partial charge in [-0.15, -0.1) is 5.10 Å². The standard InChI is InChI=1S/C10H16N4O2/c1-7(8-3-2-4-11-5-8)14-6-9(10(15)16)12-13-14/h6-8,11H,2-5H2,1H3,(H,15,16)/t7-,8+/m0/s1. The van der Waals surface area contributed by atoms with Crippen LogP contribution in [-0.4, -0.2) is 39.2 Å². The van der Waals surface area contributed by atoms with Crippen LogP contribution in [0.15, 0.2) is 6.20 Å². The summed E-state index contributed by atoms with van der Waals surface area (Å²) in [6, 6.07) is 0.188. The molecule has 1 aliphatic heterocycles. The smallest absolute Gasteiger partial charge is 0.358 e. The highest BCUT2D eigenvalue weighted by Gasteiger charge is 2.22. The van der Waals surface area contributed by atoms with E-state index in [1.807, 2.05) is 0 Å². The summed E-state index contributed by atoms with van der Waals surface area (Å²) in [5.74, 6) is -0.530. The number of piperidine rings is 1. The number of nitrogens with zero attached hydrogens (tertiary/aromatic N) is 3. The lowest BCUT2D eigenvalue weighted by molar-refractivity contribution is 0.0690. The van der Waals surface area contributed by atoms with Gasteiger partial charge >= 0.3 is 5.97 Å². The van der Waals surface area contributed by atoms with Crippen molar-refractivity contribution in [1.29, 1.82) is 0 Å². The first-order valence-electron chi connectivity index (χ1n) is 5.54. The molecule has 6 heteroatoms. The van der Waals surface area contributed by atoms with Gasteiger partial charge in [-0.3, -0.25) is 0 Å². The van der Waals surface area contributed by atoms with Gasteiger partial charge in [0, 0.05) is 0 Å². The van der Waals surface area contributed by atoms with Crippen LogP contribution in [0.2, 0.25) is 0 Å². The molecule has 0 unspecified atom stereocenters. The Hall–Kier alpha value is -1.43. The van der Waals surface area contributed by atoms with Crippen molar-refractivity contribution in [1.82, 2.24) is 20.3 Å². The molecule has 16 heavy (non-hydrogen) atoms. The fourth-order valence-corrected chi connectivity index (χ4v) is 2.08. The number of carboxylic acids is 1. The van der Waals surface area contributed by atoms with Gasteiger partial charge in [-0.25, -0.2) is 9.48 Å². The van der Waals surface area contributed by atoms with Gasteiger partial charge in [-0.1, -0.05) is 5.21 Å². The summed E-state index contributed by atoms with van der Waals surface area (Å²) >= 11 is 0. The SMILES string of the molecule is C[C@@H]([C@@H]1CCCNC1)n1cc(C(=O)O)nn1. The fourth-order valence-electron chi connectivity index (χ4n) is 2.08. The zero-order chi connectivity index (χ0) is 11.5. The second-order valence-corrected chi connectivity index (χ2v) is 4.24. The van der Waals surface area contributed by atoms with Crippen LogP contribution >= 0.6 is 0 Å². The van der Waals surface area contributed by atoms with Gasteiger partial charge in [0.15, 0.2) is 5.69 Å². The Kier molecular flexibility index (Phi) is 3.19. The molecule has 0 aliphatic carbocycles. The summed E-state index contributed by atoms with van der Waals surface area (Å²) in [4.78, 5) is 10.7. The maximum absolute atomic E-state index is 10.7. The molecule has 0 amide bonds. The summed E-state index contributed by atoms with van der Waals surface area (Å²) in [5, 5.41) is 19.6. The molecule has 1 aromatic rings. The molecule has 0 saturated carbocycles. The molecule has 0 spiro atoms. The minimum Gasteiger partial charge on any atom is -0.476 e. The van der Waals surface area contributed by atoms with Gasteiger partial charge in [0.1, 0.15) is 0 Å². The molecule has 0 aromatic carbocycles. The third-order valence-corrected chi connectivity index (χ3v) is 3.16. The van der Waals surface area contributed by atoms with E-state index in [4.69, 9.17) is 5.11 Å².